The molecule has 24 heavy (non-hydrogen) atoms. The summed E-state index contributed by atoms with van der Waals surface area (Å²) in [5.41, 5.74) is 0.414. The van der Waals surface area contributed by atoms with Crippen LogP contribution >= 0.6 is 0 Å². The van der Waals surface area contributed by atoms with Crippen molar-refractivity contribution in [3.63, 3.8) is 0 Å². The van der Waals surface area contributed by atoms with E-state index >= 15 is 0 Å². The number of alkyl halides is 2. The summed E-state index contributed by atoms with van der Waals surface area (Å²) in [4.78, 5) is 37.1. The number of fused-ring (bicyclic) bond motifs is 1. The molecule has 2 N–H and O–H groups in total. The Morgan fingerprint density at radius 3 is 2.71 bits per heavy atom. The van der Waals surface area contributed by atoms with Gasteiger partial charge < -0.3 is 14.7 Å². The minimum Gasteiger partial charge on any atom is -0.434 e. The molecule has 1 fully saturated rings. The fraction of sp³-hybridized carbons (Fsp3) is 0.400. The SMILES string of the molecule is O=C1CCC(N2Cc3ccc(CO)c(OC(F)F)c3C2=O)C(=O)N1. The van der Waals surface area contributed by atoms with Crippen LogP contribution in [0, 0.1) is 0 Å². The molecule has 7 nitrogen and oxygen atoms in total. The lowest BCUT2D eigenvalue weighted by Crippen LogP contribution is -2.52. The number of piperidine rings is 1. The number of amides is 3. The number of aliphatic hydroxyl groups excluding tert-OH is 1. The first-order valence-corrected chi connectivity index (χ1v) is 7.27. The predicted molar refractivity (Wildman–Crippen MR) is 75.0 cm³/mol. The Labute approximate surface area is 135 Å². The maximum Gasteiger partial charge on any atom is 0.387 e. The van der Waals surface area contributed by atoms with Gasteiger partial charge in [0.25, 0.3) is 5.91 Å². The standard InChI is InChI=1S/C15H14F2N2O5/c16-15(17)24-12-8(6-20)2-1-7-5-19(14(23)11(7)12)9-3-4-10(21)18-13(9)22/h1-2,9,15,20H,3-6H2,(H,18,21,22). The molecule has 1 aromatic rings. The highest BCUT2D eigenvalue weighted by Gasteiger charge is 2.41. The first-order valence-electron chi connectivity index (χ1n) is 7.27. The van der Waals surface area contributed by atoms with Gasteiger partial charge in [0.05, 0.1) is 12.2 Å². The summed E-state index contributed by atoms with van der Waals surface area (Å²) in [6, 6.07) is 2.08. The fourth-order valence-corrected chi connectivity index (χ4v) is 3.01. The first kappa shape index (κ1) is 16.3. The number of carbonyl (C=O) groups is 3. The summed E-state index contributed by atoms with van der Waals surface area (Å²) in [7, 11) is 0. The Bertz CT molecular complexity index is 722. The van der Waals surface area contributed by atoms with E-state index in [-0.39, 0.29) is 36.3 Å². The second-order valence-electron chi connectivity index (χ2n) is 5.52. The van der Waals surface area contributed by atoms with Crippen molar-refractivity contribution < 1.29 is 33.0 Å². The van der Waals surface area contributed by atoms with E-state index in [1.54, 1.807) is 0 Å². The summed E-state index contributed by atoms with van der Waals surface area (Å²) in [5, 5.41) is 11.4. The van der Waals surface area contributed by atoms with Gasteiger partial charge in [-0.05, 0) is 12.0 Å². The summed E-state index contributed by atoms with van der Waals surface area (Å²) >= 11 is 0. The topological polar surface area (TPSA) is 95.9 Å². The summed E-state index contributed by atoms with van der Waals surface area (Å²) in [6.07, 6.45) is 0.265. The third kappa shape index (κ3) is 2.71. The molecule has 9 heteroatoms. The Balaban J connectivity index is 1.95. The summed E-state index contributed by atoms with van der Waals surface area (Å²) in [6.45, 7) is -3.67. The molecule has 0 spiro atoms. The van der Waals surface area contributed by atoms with Crippen molar-refractivity contribution in [2.75, 3.05) is 0 Å². The van der Waals surface area contributed by atoms with Crippen LogP contribution in [0.1, 0.15) is 34.3 Å². The van der Waals surface area contributed by atoms with Crippen LogP contribution < -0.4 is 10.1 Å². The average Bonchev–Trinajstić information content (AvgIpc) is 2.84. The van der Waals surface area contributed by atoms with Gasteiger partial charge in [-0.25, -0.2) is 0 Å². The zero-order valence-corrected chi connectivity index (χ0v) is 12.4. The largest absolute Gasteiger partial charge is 0.434 e. The van der Waals surface area contributed by atoms with E-state index in [1.807, 2.05) is 0 Å². The normalized spacial score (nSPS) is 20.4. The molecule has 0 radical (unpaired) electrons. The number of hydrogen-bond donors (Lipinski definition) is 2. The van der Waals surface area contributed by atoms with Gasteiger partial charge in [0.2, 0.25) is 11.8 Å². The van der Waals surface area contributed by atoms with Gasteiger partial charge in [-0.2, -0.15) is 8.78 Å². The molecule has 2 heterocycles. The van der Waals surface area contributed by atoms with E-state index < -0.39 is 37.0 Å². The van der Waals surface area contributed by atoms with Crippen molar-refractivity contribution >= 4 is 17.7 Å². The Kier molecular flexibility index (Phi) is 4.18. The molecule has 1 unspecified atom stereocenters. The highest BCUT2D eigenvalue weighted by Crippen LogP contribution is 2.36. The van der Waals surface area contributed by atoms with E-state index in [4.69, 9.17) is 0 Å². The predicted octanol–water partition coefficient (Wildman–Crippen LogP) is 0.541. The van der Waals surface area contributed by atoms with Crippen LogP contribution in [0.5, 0.6) is 5.75 Å². The lowest BCUT2D eigenvalue weighted by Gasteiger charge is -2.29. The number of nitrogens with one attached hydrogen (secondary N) is 1. The highest BCUT2D eigenvalue weighted by molar-refractivity contribution is 6.06. The van der Waals surface area contributed by atoms with Crippen molar-refractivity contribution in [3.05, 3.63) is 28.8 Å². The minimum absolute atomic E-state index is 0.0474. The van der Waals surface area contributed by atoms with Crippen LogP contribution in [0.4, 0.5) is 8.78 Å². The highest BCUT2D eigenvalue weighted by atomic mass is 19.3. The molecule has 128 valence electrons. The molecule has 1 aromatic carbocycles. The zero-order chi connectivity index (χ0) is 17.4. The Morgan fingerprint density at radius 2 is 2.08 bits per heavy atom. The molecule has 0 bridgehead atoms. The minimum atomic E-state index is -3.15. The molecule has 0 saturated carbocycles. The number of ether oxygens (including phenoxy) is 1. The Morgan fingerprint density at radius 1 is 1.33 bits per heavy atom. The van der Waals surface area contributed by atoms with Crippen LogP contribution in [0.3, 0.4) is 0 Å². The maximum atomic E-state index is 12.7. The van der Waals surface area contributed by atoms with E-state index in [0.29, 0.717) is 5.56 Å². The average molecular weight is 340 g/mol. The van der Waals surface area contributed by atoms with Gasteiger partial charge in [0.1, 0.15) is 11.8 Å². The van der Waals surface area contributed by atoms with E-state index in [2.05, 4.69) is 10.1 Å². The van der Waals surface area contributed by atoms with Crippen molar-refractivity contribution in [1.29, 1.82) is 0 Å². The number of imide groups is 1. The van der Waals surface area contributed by atoms with E-state index in [9.17, 15) is 28.3 Å². The molecular weight excluding hydrogens is 326 g/mol. The van der Waals surface area contributed by atoms with E-state index in [0.717, 1.165) is 0 Å². The van der Waals surface area contributed by atoms with Gasteiger partial charge in [-0.3, -0.25) is 19.7 Å². The number of hydrogen-bond acceptors (Lipinski definition) is 5. The second kappa shape index (κ2) is 6.16. The van der Waals surface area contributed by atoms with Gasteiger partial charge in [0, 0.05) is 18.5 Å². The van der Waals surface area contributed by atoms with Gasteiger partial charge >= 0.3 is 6.61 Å². The van der Waals surface area contributed by atoms with Crippen LogP contribution in [0.25, 0.3) is 0 Å². The van der Waals surface area contributed by atoms with Gasteiger partial charge in [-0.1, -0.05) is 12.1 Å². The molecule has 3 amide bonds. The summed E-state index contributed by atoms with van der Waals surface area (Å²) < 4.78 is 29.8. The van der Waals surface area contributed by atoms with Gasteiger partial charge in [0.15, 0.2) is 0 Å². The number of aliphatic hydroxyl groups is 1. The van der Waals surface area contributed by atoms with Crippen molar-refractivity contribution in [1.82, 2.24) is 10.2 Å². The lowest BCUT2D eigenvalue weighted by atomic mass is 10.0. The number of nitrogens with zero attached hydrogens (tertiary/aromatic N) is 1. The molecular formula is C15H14F2N2O5. The van der Waals surface area contributed by atoms with Crippen molar-refractivity contribution in [2.24, 2.45) is 0 Å². The smallest absolute Gasteiger partial charge is 0.387 e. The summed E-state index contributed by atoms with van der Waals surface area (Å²) in [5.74, 6) is -2.01. The number of rotatable bonds is 4. The third-order valence-corrected chi connectivity index (χ3v) is 4.10. The van der Waals surface area contributed by atoms with E-state index in [1.165, 1.54) is 17.0 Å². The molecule has 0 aliphatic carbocycles. The van der Waals surface area contributed by atoms with Crippen molar-refractivity contribution in [3.8, 4) is 5.75 Å². The molecule has 1 saturated heterocycles. The number of carbonyl (C=O) groups excluding carboxylic acids is 3. The fourth-order valence-electron chi connectivity index (χ4n) is 3.01. The Hall–Kier alpha value is -2.55. The number of benzene rings is 1. The monoisotopic (exact) mass is 340 g/mol. The maximum absolute atomic E-state index is 12.7. The van der Waals surface area contributed by atoms with Crippen LogP contribution in [-0.2, 0) is 22.7 Å². The van der Waals surface area contributed by atoms with Gasteiger partial charge in [-0.15, -0.1) is 0 Å². The van der Waals surface area contributed by atoms with Crippen molar-refractivity contribution in [2.45, 2.75) is 38.6 Å². The molecule has 2 aliphatic heterocycles. The quantitative estimate of drug-likeness (QED) is 0.780. The van der Waals surface area contributed by atoms with Crippen LogP contribution in [0.2, 0.25) is 0 Å². The third-order valence-electron chi connectivity index (χ3n) is 4.10. The molecule has 2 aliphatic rings. The number of halogens is 2. The van der Waals surface area contributed by atoms with Crippen LogP contribution in [-0.4, -0.2) is 40.4 Å². The first-order chi connectivity index (χ1) is 11.4. The molecule has 0 aromatic heterocycles. The molecule has 3 rings (SSSR count). The zero-order valence-electron chi connectivity index (χ0n) is 12.4. The van der Waals surface area contributed by atoms with Crippen LogP contribution in [0.15, 0.2) is 12.1 Å². The molecule has 1 atom stereocenters. The lowest BCUT2D eigenvalue weighted by molar-refractivity contribution is -0.136. The second-order valence-corrected chi connectivity index (χ2v) is 5.52.